The first kappa shape index (κ1) is 16.0. The lowest BCUT2D eigenvalue weighted by atomic mass is 10.0. The summed E-state index contributed by atoms with van der Waals surface area (Å²) in [5, 5.41) is 4.68. The summed E-state index contributed by atoms with van der Waals surface area (Å²) in [5.41, 5.74) is 1.71. The predicted molar refractivity (Wildman–Crippen MR) is 88.4 cm³/mol. The minimum Gasteiger partial charge on any atom is -0.315 e. The van der Waals surface area contributed by atoms with E-state index in [0.717, 1.165) is 10.4 Å². The molecule has 0 bridgehead atoms. The quantitative estimate of drug-likeness (QED) is 0.856. The van der Waals surface area contributed by atoms with Crippen LogP contribution >= 0.6 is 11.3 Å². The standard InChI is InChI=1S/C15H20N2O2S2/c1-11(2)12-5-4-6-13(7-12)17-21(18,19)15-8-14(9-16-3)20-10-15/h4-8,10-11,16-17H,9H2,1-3H3. The molecule has 2 rings (SSSR count). The first-order chi connectivity index (χ1) is 9.92. The number of nitrogens with one attached hydrogen (secondary N) is 2. The molecule has 0 spiro atoms. The molecule has 1 heterocycles. The van der Waals surface area contributed by atoms with Gasteiger partial charge in [0, 0.05) is 22.5 Å². The van der Waals surface area contributed by atoms with Gasteiger partial charge in [-0.15, -0.1) is 11.3 Å². The van der Waals surface area contributed by atoms with Gasteiger partial charge in [0.25, 0.3) is 10.0 Å². The van der Waals surface area contributed by atoms with Gasteiger partial charge in [-0.05, 0) is 36.7 Å². The van der Waals surface area contributed by atoms with E-state index >= 15 is 0 Å². The lowest BCUT2D eigenvalue weighted by molar-refractivity contribution is 0.601. The molecule has 0 aliphatic carbocycles. The van der Waals surface area contributed by atoms with Gasteiger partial charge < -0.3 is 5.32 Å². The van der Waals surface area contributed by atoms with Crippen molar-refractivity contribution in [3.63, 3.8) is 0 Å². The molecule has 6 heteroatoms. The van der Waals surface area contributed by atoms with Crippen molar-refractivity contribution in [3.8, 4) is 0 Å². The summed E-state index contributed by atoms with van der Waals surface area (Å²) in [6.45, 7) is 4.83. The van der Waals surface area contributed by atoms with Crippen molar-refractivity contribution < 1.29 is 8.42 Å². The highest BCUT2D eigenvalue weighted by Crippen LogP contribution is 2.24. The summed E-state index contributed by atoms with van der Waals surface area (Å²) in [4.78, 5) is 1.31. The van der Waals surface area contributed by atoms with E-state index in [2.05, 4.69) is 23.9 Å². The molecule has 0 fully saturated rings. The summed E-state index contributed by atoms with van der Waals surface area (Å²) in [7, 11) is -1.68. The number of thiophene rings is 1. The van der Waals surface area contributed by atoms with Crippen LogP contribution in [0.25, 0.3) is 0 Å². The number of hydrogen-bond donors (Lipinski definition) is 2. The number of rotatable bonds is 6. The monoisotopic (exact) mass is 324 g/mol. The summed E-state index contributed by atoms with van der Waals surface area (Å²) in [6, 6.07) is 9.22. The van der Waals surface area contributed by atoms with Gasteiger partial charge in [0.15, 0.2) is 0 Å². The Bertz CT molecular complexity index is 706. The second-order valence-electron chi connectivity index (χ2n) is 5.16. The van der Waals surface area contributed by atoms with Crippen LogP contribution in [0.2, 0.25) is 0 Å². The lowest BCUT2D eigenvalue weighted by Crippen LogP contribution is -2.12. The van der Waals surface area contributed by atoms with Crippen molar-refractivity contribution in [2.24, 2.45) is 0 Å². The third-order valence-corrected chi connectivity index (χ3v) is 5.54. The molecule has 114 valence electrons. The molecule has 1 aromatic heterocycles. The average Bonchev–Trinajstić information content (AvgIpc) is 2.88. The van der Waals surface area contributed by atoms with Crippen molar-refractivity contribution in [3.05, 3.63) is 46.2 Å². The van der Waals surface area contributed by atoms with Crippen molar-refractivity contribution in [2.75, 3.05) is 11.8 Å². The van der Waals surface area contributed by atoms with E-state index in [0.29, 0.717) is 23.0 Å². The second-order valence-corrected chi connectivity index (χ2v) is 7.84. The topological polar surface area (TPSA) is 58.2 Å². The fraction of sp³-hybridized carbons (Fsp3) is 0.333. The predicted octanol–water partition coefficient (Wildman–Crippen LogP) is 3.39. The fourth-order valence-electron chi connectivity index (χ4n) is 1.94. The number of benzene rings is 1. The molecule has 0 saturated carbocycles. The molecule has 1 aromatic carbocycles. The maximum absolute atomic E-state index is 12.4. The van der Waals surface area contributed by atoms with Crippen LogP contribution in [0.15, 0.2) is 40.6 Å². The Hall–Kier alpha value is -1.37. The second kappa shape index (κ2) is 6.60. The smallest absolute Gasteiger partial charge is 0.262 e. The van der Waals surface area contributed by atoms with Crippen LogP contribution < -0.4 is 10.0 Å². The molecule has 0 atom stereocenters. The van der Waals surface area contributed by atoms with E-state index in [4.69, 9.17) is 0 Å². The molecule has 21 heavy (non-hydrogen) atoms. The molecule has 0 aliphatic heterocycles. The summed E-state index contributed by atoms with van der Waals surface area (Å²) in [6.07, 6.45) is 0. The zero-order chi connectivity index (χ0) is 15.5. The van der Waals surface area contributed by atoms with E-state index in [-0.39, 0.29) is 0 Å². The van der Waals surface area contributed by atoms with Crippen LogP contribution in [0.4, 0.5) is 5.69 Å². The Morgan fingerprint density at radius 2 is 2.00 bits per heavy atom. The van der Waals surface area contributed by atoms with Crippen LogP contribution in [0.1, 0.15) is 30.2 Å². The SMILES string of the molecule is CNCc1cc(S(=O)(=O)Nc2cccc(C(C)C)c2)cs1. The molecule has 0 saturated heterocycles. The Kier molecular flexibility index (Phi) is 5.03. The van der Waals surface area contributed by atoms with Gasteiger partial charge in [-0.2, -0.15) is 0 Å². The van der Waals surface area contributed by atoms with E-state index in [1.165, 1.54) is 11.3 Å². The number of anilines is 1. The number of sulfonamides is 1. The van der Waals surface area contributed by atoms with Crippen molar-refractivity contribution in [1.82, 2.24) is 5.32 Å². The maximum Gasteiger partial charge on any atom is 0.262 e. The van der Waals surface area contributed by atoms with Crippen LogP contribution in [-0.4, -0.2) is 15.5 Å². The Morgan fingerprint density at radius 1 is 1.24 bits per heavy atom. The Morgan fingerprint density at radius 3 is 2.67 bits per heavy atom. The van der Waals surface area contributed by atoms with Crippen molar-refractivity contribution >= 4 is 27.0 Å². The lowest BCUT2D eigenvalue weighted by Gasteiger charge is -2.10. The van der Waals surface area contributed by atoms with E-state index < -0.39 is 10.0 Å². The molecule has 0 radical (unpaired) electrons. The van der Waals surface area contributed by atoms with E-state index in [9.17, 15) is 8.42 Å². The van der Waals surface area contributed by atoms with Gasteiger partial charge in [0.1, 0.15) is 0 Å². The van der Waals surface area contributed by atoms with Crippen LogP contribution in [0, 0.1) is 0 Å². The molecular formula is C15H20N2O2S2. The minimum atomic E-state index is -3.52. The zero-order valence-electron chi connectivity index (χ0n) is 12.4. The van der Waals surface area contributed by atoms with E-state index in [1.54, 1.807) is 17.5 Å². The summed E-state index contributed by atoms with van der Waals surface area (Å²) < 4.78 is 27.4. The maximum atomic E-state index is 12.4. The highest BCUT2D eigenvalue weighted by Gasteiger charge is 2.16. The Balaban J connectivity index is 2.22. The molecule has 2 aromatic rings. The summed E-state index contributed by atoms with van der Waals surface area (Å²) >= 11 is 1.44. The van der Waals surface area contributed by atoms with Crippen LogP contribution in [0.5, 0.6) is 0 Å². The first-order valence-electron chi connectivity index (χ1n) is 6.77. The highest BCUT2D eigenvalue weighted by molar-refractivity contribution is 7.92. The van der Waals surface area contributed by atoms with Crippen LogP contribution in [0.3, 0.4) is 0 Å². The van der Waals surface area contributed by atoms with Gasteiger partial charge in [-0.25, -0.2) is 8.42 Å². The third kappa shape index (κ3) is 4.06. The van der Waals surface area contributed by atoms with Gasteiger partial charge in [0.2, 0.25) is 0 Å². The largest absolute Gasteiger partial charge is 0.315 e. The molecule has 0 amide bonds. The molecule has 2 N–H and O–H groups in total. The van der Waals surface area contributed by atoms with Gasteiger partial charge in [0.05, 0.1) is 4.90 Å². The van der Waals surface area contributed by atoms with Gasteiger partial charge in [-0.3, -0.25) is 4.72 Å². The molecular weight excluding hydrogens is 304 g/mol. The normalized spacial score (nSPS) is 11.8. The zero-order valence-corrected chi connectivity index (χ0v) is 14.0. The fourth-order valence-corrected chi connectivity index (χ4v) is 4.28. The van der Waals surface area contributed by atoms with Gasteiger partial charge in [-0.1, -0.05) is 26.0 Å². The first-order valence-corrected chi connectivity index (χ1v) is 9.13. The Labute approximate surface area is 130 Å². The summed E-state index contributed by atoms with van der Waals surface area (Å²) in [5.74, 6) is 0.359. The highest BCUT2D eigenvalue weighted by atomic mass is 32.2. The molecule has 0 unspecified atom stereocenters. The van der Waals surface area contributed by atoms with Crippen molar-refractivity contribution in [2.45, 2.75) is 31.2 Å². The third-order valence-electron chi connectivity index (χ3n) is 3.10. The minimum absolute atomic E-state index is 0.313. The molecule has 4 nitrogen and oxygen atoms in total. The van der Waals surface area contributed by atoms with Crippen LogP contribution in [-0.2, 0) is 16.6 Å². The average molecular weight is 324 g/mol. The molecule has 0 aliphatic rings. The number of hydrogen-bond acceptors (Lipinski definition) is 4. The van der Waals surface area contributed by atoms with Gasteiger partial charge >= 0.3 is 0 Å². The van der Waals surface area contributed by atoms with E-state index in [1.807, 2.05) is 25.2 Å². The van der Waals surface area contributed by atoms with Crippen molar-refractivity contribution in [1.29, 1.82) is 0 Å².